The third-order valence-corrected chi connectivity index (χ3v) is 7.20. The summed E-state index contributed by atoms with van der Waals surface area (Å²) in [6.45, 7) is 4.05. The van der Waals surface area contributed by atoms with Crippen LogP contribution in [0.1, 0.15) is 155 Å². The van der Waals surface area contributed by atoms with Gasteiger partial charge in [0.1, 0.15) is 0 Å². The highest BCUT2D eigenvalue weighted by Gasteiger charge is 2.17. The second kappa shape index (κ2) is 30.2. The quantitative estimate of drug-likeness (QED) is 0.0693. The Bertz CT molecular complexity index is 584. The largest absolute Gasteiger partial charge is 0.394 e. The number of carbonyl (C=O) groups excluding carboxylic acids is 1. The van der Waals surface area contributed by atoms with E-state index < -0.39 is 12.1 Å². The first kappa shape index (κ1) is 36.6. The summed E-state index contributed by atoms with van der Waals surface area (Å²) >= 11 is 0. The fourth-order valence-corrected chi connectivity index (χ4v) is 4.69. The zero-order chi connectivity index (χ0) is 27.9. The fourth-order valence-electron chi connectivity index (χ4n) is 4.69. The van der Waals surface area contributed by atoms with Crippen molar-refractivity contribution in [1.29, 1.82) is 0 Å². The molecule has 0 rings (SSSR count). The van der Waals surface area contributed by atoms with Crippen LogP contribution in [0.3, 0.4) is 0 Å². The van der Waals surface area contributed by atoms with Crippen molar-refractivity contribution in [3.8, 4) is 0 Å². The van der Waals surface area contributed by atoms with E-state index in [0.717, 1.165) is 38.5 Å². The lowest BCUT2D eigenvalue weighted by Crippen LogP contribution is -2.45. The van der Waals surface area contributed by atoms with E-state index in [2.05, 4.69) is 36.5 Å². The van der Waals surface area contributed by atoms with Gasteiger partial charge in [-0.15, -0.1) is 0 Å². The van der Waals surface area contributed by atoms with E-state index in [4.69, 9.17) is 0 Å². The molecule has 38 heavy (non-hydrogen) atoms. The second-order valence-corrected chi connectivity index (χ2v) is 10.9. The van der Waals surface area contributed by atoms with Crippen molar-refractivity contribution >= 4 is 5.91 Å². The van der Waals surface area contributed by atoms with E-state index in [9.17, 15) is 15.0 Å². The van der Waals surface area contributed by atoms with Gasteiger partial charge in [0.25, 0.3) is 0 Å². The highest BCUT2D eigenvalue weighted by Crippen LogP contribution is 2.14. The molecule has 4 nitrogen and oxygen atoms in total. The highest BCUT2D eigenvalue weighted by molar-refractivity contribution is 5.76. The van der Waals surface area contributed by atoms with E-state index in [0.29, 0.717) is 6.42 Å². The number of amides is 1. The lowest BCUT2D eigenvalue weighted by atomic mass is 10.0. The van der Waals surface area contributed by atoms with Crippen LogP contribution in [-0.2, 0) is 4.79 Å². The molecule has 222 valence electrons. The van der Waals surface area contributed by atoms with Gasteiger partial charge >= 0.3 is 0 Å². The van der Waals surface area contributed by atoms with Crippen LogP contribution in [0.2, 0.25) is 0 Å². The summed E-state index contributed by atoms with van der Waals surface area (Å²) in [6.07, 6.45) is 38.1. The monoisotopic (exact) mass is 533 g/mol. The molecule has 0 aromatic rings. The van der Waals surface area contributed by atoms with Crippen LogP contribution in [0.25, 0.3) is 0 Å². The van der Waals surface area contributed by atoms with Crippen LogP contribution in [0.4, 0.5) is 0 Å². The van der Waals surface area contributed by atoms with E-state index in [1.165, 1.54) is 96.3 Å². The van der Waals surface area contributed by atoms with Gasteiger partial charge in [-0.05, 0) is 39.0 Å². The summed E-state index contributed by atoms with van der Waals surface area (Å²) < 4.78 is 0. The van der Waals surface area contributed by atoms with Crippen LogP contribution in [-0.4, -0.2) is 34.9 Å². The molecule has 0 radical (unpaired) electrons. The highest BCUT2D eigenvalue weighted by atomic mass is 16.3. The van der Waals surface area contributed by atoms with Gasteiger partial charge in [-0.3, -0.25) is 4.79 Å². The average Bonchev–Trinajstić information content (AvgIpc) is 2.92. The Kier molecular flexibility index (Phi) is 29.1. The number of unbranched alkanes of at least 4 members (excludes halogenated alkanes) is 18. The Balaban J connectivity index is 3.62. The molecule has 1 amide bonds. The van der Waals surface area contributed by atoms with E-state index >= 15 is 0 Å². The first-order chi connectivity index (χ1) is 18.7. The molecular formula is C34H63NO3. The van der Waals surface area contributed by atoms with Crippen LogP contribution < -0.4 is 5.32 Å². The maximum Gasteiger partial charge on any atom is 0.220 e. The van der Waals surface area contributed by atoms with Crippen molar-refractivity contribution in [2.45, 2.75) is 167 Å². The first-order valence-corrected chi connectivity index (χ1v) is 16.2. The van der Waals surface area contributed by atoms with Crippen molar-refractivity contribution in [3.05, 3.63) is 36.5 Å². The molecule has 2 atom stereocenters. The van der Waals surface area contributed by atoms with E-state index in [1.807, 2.05) is 13.0 Å². The summed E-state index contributed by atoms with van der Waals surface area (Å²) in [7, 11) is 0. The summed E-state index contributed by atoms with van der Waals surface area (Å²) in [5.41, 5.74) is 0. The molecule has 0 aromatic heterocycles. The third-order valence-electron chi connectivity index (χ3n) is 7.20. The molecule has 0 spiro atoms. The van der Waals surface area contributed by atoms with Gasteiger partial charge in [-0.1, -0.05) is 146 Å². The zero-order valence-electron chi connectivity index (χ0n) is 25.2. The van der Waals surface area contributed by atoms with Gasteiger partial charge in [0.2, 0.25) is 5.91 Å². The molecule has 0 heterocycles. The van der Waals surface area contributed by atoms with Crippen molar-refractivity contribution in [3.63, 3.8) is 0 Å². The van der Waals surface area contributed by atoms with Crippen molar-refractivity contribution < 1.29 is 15.0 Å². The smallest absolute Gasteiger partial charge is 0.220 e. The molecule has 4 heteroatoms. The Hall–Kier alpha value is -1.39. The number of aliphatic hydroxyl groups is 2. The van der Waals surface area contributed by atoms with Crippen LogP contribution in [0.5, 0.6) is 0 Å². The zero-order valence-corrected chi connectivity index (χ0v) is 25.2. The van der Waals surface area contributed by atoms with Gasteiger partial charge in [0.15, 0.2) is 0 Å². The topological polar surface area (TPSA) is 69.6 Å². The van der Waals surface area contributed by atoms with Crippen molar-refractivity contribution in [2.75, 3.05) is 6.61 Å². The Labute approximate surface area is 236 Å². The van der Waals surface area contributed by atoms with Gasteiger partial charge < -0.3 is 15.5 Å². The number of aliphatic hydroxyl groups excluding tert-OH is 2. The van der Waals surface area contributed by atoms with Crippen molar-refractivity contribution in [2.24, 2.45) is 0 Å². The molecule has 3 N–H and O–H groups in total. The number of hydrogen-bond acceptors (Lipinski definition) is 3. The maximum atomic E-state index is 12.2. The lowest BCUT2D eigenvalue weighted by molar-refractivity contribution is -0.123. The molecule has 2 unspecified atom stereocenters. The minimum absolute atomic E-state index is 0.0819. The fraction of sp³-hybridized carbons (Fsp3) is 0.794. The minimum atomic E-state index is -0.863. The molecule has 0 aliphatic heterocycles. The molecule has 0 saturated heterocycles. The van der Waals surface area contributed by atoms with Crippen LogP contribution >= 0.6 is 0 Å². The molecule has 0 aromatic carbocycles. The van der Waals surface area contributed by atoms with Crippen LogP contribution in [0.15, 0.2) is 36.5 Å². The first-order valence-electron chi connectivity index (χ1n) is 16.2. The van der Waals surface area contributed by atoms with Gasteiger partial charge in [-0.2, -0.15) is 0 Å². The van der Waals surface area contributed by atoms with E-state index in [-0.39, 0.29) is 12.5 Å². The van der Waals surface area contributed by atoms with Gasteiger partial charge in [-0.25, -0.2) is 0 Å². The predicted octanol–water partition coefficient (Wildman–Crippen LogP) is 9.12. The summed E-state index contributed by atoms with van der Waals surface area (Å²) in [5, 5.41) is 22.7. The maximum absolute atomic E-state index is 12.2. The Morgan fingerprint density at radius 1 is 0.658 bits per heavy atom. The molecule has 0 fully saturated rings. The number of hydrogen-bond donors (Lipinski definition) is 3. The summed E-state index contributed by atoms with van der Waals surface area (Å²) in [5.74, 6) is -0.0819. The van der Waals surface area contributed by atoms with Gasteiger partial charge in [0.05, 0.1) is 18.8 Å². The normalized spacial score (nSPS) is 13.7. The minimum Gasteiger partial charge on any atom is -0.394 e. The van der Waals surface area contributed by atoms with E-state index in [1.54, 1.807) is 6.08 Å². The summed E-state index contributed by atoms with van der Waals surface area (Å²) in [6, 6.07) is -0.638. The Morgan fingerprint density at radius 3 is 1.53 bits per heavy atom. The molecule has 0 aliphatic carbocycles. The Morgan fingerprint density at radius 2 is 1.08 bits per heavy atom. The summed E-state index contributed by atoms with van der Waals surface area (Å²) in [4.78, 5) is 12.2. The molecular weight excluding hydrogens is 470 g/mol. The molecule has 0 aliphatic rings. The second-order valence-electron chi connectivity index (χ2n) is 10.9. The lowest BCUT2D eigenvalue weighted by Gasteiger charge is -2.19. The predicted molar refractivity (Wildman–Crippen MR) is 165 cm³/mol. The number of rotatable bonds is 28. The third kappa shape index (κ3) is 26.2. The molecule has 0 saturated carbocycles. The molecule has 0 bridgehead atoms. The SMILES string of the molecule is C/C=C/CC/C=C/CC/C=C/C(O)C(CO)NC(=O)CCCCCCCCCCCCCCCCCCC. The number of allylic oxidation sites excluding steroid dienone is 5. The van der Waals surface area contributed by atoms with Gasteiger partial charge in [0, 0.05) is 6.42 Å². The standard InChI is InChI=1S/C34H63NO3/c1-3-5-7-9-11-13-14-15-16-17-18-19-20-22-24-26-28-30-34(38)35-32(31-36)33(37)29-27-25-23-21-12-10-8-6-4-2/h4,6,12,21,27,29,32-33,36-37H,3,5,7-11,13-20,22-26,28,30-31H2,1-2H3,(H,35,38)/b6-4+,21-12+,29-27+. The average molecular weight is 534 g/mol. The number of nitrogens with one attached hydrogen (secondary N) is 1. The van der Waals surface area contributed by atoms with Crippen LogP contribution in [0, 0.1) is 0 Å². The van der Waals surface area contributed by atoms with Crippen molar-refractivity contribution in [1.82, 2.24) is 5.32 Å². The number of carbonyl (C=O) groups is 1.